The number of hydrogen-bond acceptors (Lipinski definition) is 3. The minimum atomic E-state index is -0.481. The van der Waals surface area contributed by atoms with E-state index < -0.39 is 5.91 Å². The van der Waals surface area contributed by atoms with Crippen LogP contribution in [0.2, 0.25) is 0 Å². The molecule has 3 aromatic carbocycles. The Morgan fingerprint density at radius 2 is 1.78 bits per heavy atom. The molecule has 0 atom stereocenters. The maximum atomic E-state index is 13.1. The van der Waals surface area contributed by atoms with E-state index in [0.29, 0.717) is 25.9 Å². The molecule has 32 heavy (non-hydrogen) atoms. The van der Waals surface area contributed by atoms with Crippen LogP contribution in [0.25, 0.3) is 6.08 Å². The number of ether oxygens (including phenoxy) is 1. The second-order valence-corrected chi connectivity index (χ2v) is 8.81. The number of anilines is 1. The molecule has 1 N–H and O–H groups in total. The fourth-order valence-electron chi connectivity index (χ4n) is 2.93. The van der Waals surface area contributed by atoms with Gasteiger partial charge in [0.25, 0.3) is 5.91 Å². The molecule has 0 aliphatic rings. The quantitative estimate of drug-likeness (QED) is 0.260. The van der Waals surface area contributed by atoms with Crippen molar-refractivity contribution in [1.82, 2.24) is 0 Å². The van der Waals surface area contributed by atoms with Gasteiger partial charge in [-0.05, 0) is 104 Å². The molecule has 4 nitrogen and oxygen atoms in total. The highest BCUT2D eigenvalue weighted by Crippen LogP contribution is 2.36. The van der Waals surface area contributed by atoms with Crippen molar-refractivity contribution in [3.05, 3.63) is 97.2 Å². The van der Waals surface area contributed by atoms with E-state index in [2.05, 4.69) is 37.2 Å². The molecule has 0 saturated carbocycles. The summed E-state index contributed by atoms with van der Waals surface area (Å²) in [4.78, 5) is 12.7. The van der Waals surface area contributed by atoms with Crippen LogP contribution in [0.3, 0.4) is 0 Å². The number of carbonyl (C=O) groups excluding carboxylic acids is 1. The average Bonchev–Trinajstić information content (AvgIpc) is 2.76. The predicted molar refractivity (Wildman–Crippen MR) is 131 cm³/mol. The highest BCUT2D eigenvalue weighted by Gasteiger charge is 2.14. The Bertz CT molecular complexity index is 1210. The third kappa shape index (κ3) is 5.84. The van der Waals surface area contributed by atoms with E-state index in [0.717, 1.165) is 16.7 Å². The molecule has 0 fully saturated rings. The third-order valence-corrected chi connectivity index (χ3v) is 6.02. The molecule has 0 spiro atoms. The molecule has 1 amide bonds. The van der Waals surface area contributed by atoms with Crippen molar-refractivity contribution < 1.29 is 13.9 Å². The number of carbonyl (C=O) groups is 1. The molecule has 3 rings (SSSR count). The summed E-state index contributed by atoms with van der Waals surface area (Å²) >= 11 is 6.95. The second kappa shape index (κ2) is 10.6. The van der Waals surface area contributed by atoms with Crippen LogP contribution in [0.4, 0.5) is 10.1 Å². The fourth-order valence-corrected chi connectivity index (χ4v) is 4.38. The lowest BCUT2D eigenvalue weighted by atomic mass is 10.1. The first-order chi connectivity index (χ1) is 15.3. The number of aryl methyl sites for hydroxylation is 1. The molecule has 0 bridgehead atoms. The maximum Gasteiger partial charge on any atom is 0.266 e. The Balaban J connectivity index is 1.78. The van der Waals surface area contributed by atoms with E-state index in [1.165, 1.54) is 18.2 Å². The van der Waals surface area contributed by atoms with E-state index in [1.807, 2.05) is 32.0 Å². The molecule has 0 aromatic heterocycles. The van der Waals surface area contributed by atoms with Crippen molar-refractivity contribution >= 4 is 49.5 Å². The van der Waals surface area contributed by atoms with Crippen molar-refractivity contribution in [3.8, 4) is 11.8 Å². The zero-order valence-corrected chi connectivity index (χ0v) is 20.6. The van der Waals surface area contributed by atoms with Gasteiger partial charge in [0.05, 0.1) is 8.95 Å². The predicted octanol–water partition coefficient (Wildman–Crippen LogP) is 7.09. The van der Waals surface area contributed by atoms with E-state index in [-0.39, 0.29) is 18.0 Å². The second-order valence-electron chi connectivity index (χ2n) is 7.10. The van der Waals surface area contributed by atoms with Crippen LogP contribution < -0.4 is 10.1 Å². The Labute approximate surface area is 203 Å². The molecule has 162 valence electrons. The lowest BCUT2D eigenvalue weighted by Crippen LogP contribution is -2.14. The highest BCUT2D eigenvalue weighted by molar-refractivity contribution is 9.11. The highest BCUT2D eigenvalue weighted by atomic mass is 79.9. The normalized spacial score (nSPS) is 11.1. The van der Waals surface area contributed by atoms with Gasteiger partial charge in [-0.2, -0.15) is 5.26 Å². The van der Waals surface area contributed by atoms with E-state index in [1.54, 1.807) is 30.3 Å². The summed E-state index contributed by atoms with van der Waals surface area (Å²) in [7, 11) is 0. The van der Waals surface area contributed by atoms with Gasteiger partial charge >= 0.3 is 0 Å². The van der Waals surface area contributed by atoms with Gasteiger partial charge in [-0.3, -0.25) is 4.79 Å². The number of amides is 1. The van der Waals surface area contributed by atoms with Crippen molar-refractivity contribution in [2.75, 3.05) is 5.32 Å². The minimum absolute atomic E-state index is 0.0234. The van der Waals surface area contributed by atoms with Crippen molar-refractivity contribution in [2.24, 2.45) is 0 Å². The van der Waals surface area contributed by atoms with Crippen LogP contribution in [-0.2, 0) is 11.4 Å². The topological polar surface area (TPSA) is 62.1 Å². The SMILES string of the molecule is Cc1cccc(NC(=O)/C(C#N)=C/c2cc(Br)c(OCc3ccc(F)cc3)c(Br)c2)c1C. The largest absolute Gasteiger partial charge is 0.487 e. The number of benzene rings is 3. The Kier molecular flexibility index (Phi) is 7.84. The van der Waals surface area contributed by atoms with Gasteiger partial charge in [0.15, 0.2) is 0 Å². The average molecular weight is 558 g/mol. The minimum Gasteiger partial charge on any atom is -0.487 e. The van der Waals surface area contributed by atoms with E-state index >= 15 is 0 Å². The zero-order chi connectivity index (χ0) is 23.3. The standard InChI is InChI=1S/C25H19Br2FN2O2/c1-15-4-3-5-23(16(15)2)30-25(31)19(13-29)10-18-11-21(26)24(22(27)12-18)32-14-17-6-8-20(28)9-7-17/h3-12H,14H2,1-2H3,(H,30,31)/b19-10+. The molecule has 0 unspecified atom stereocenters. The molecule has 0 aliphatic heterocycles. The van der Waals surface area contributed by atoms with Gasteiger partial charge in [-0.15, -0.1) is 0 Å². The Morgan fingerprint density at radius 1 is 1.12 bits per heavy atom. The zero-order valence-electron chi connectivity index (χ0n) is 17.4. The molecule has 0 heterocycles. The molecule has 3 aromatic rings. The summed E-state index contributed by atoms with van der Waals surface area (Å²) < 4.78 is 20.2. The van der Waals surface area contributed by atoms with Gasteiger partial charge in [-0.25, -0.2) is 4.39 Å². The van der Waals surface area contributed by atoms with Crippen LogP contribution in [0.15, 0.2) is 69.1 Å². The number of nitrogens with zero attached hydrogens (tertiary/aromatic N) is 1. The molecule has 7 heteroatoms. The summed E-state index contributed by atoms with van der Waals surface area (Å²) in [6.07, 6.45) is 1.51. The van der Waals surface area contributed by atoms with E-state index in [9.17, 15) is 14.4 Å². The Hall–Kier alpha value is -2.95. The first-order valence-electron chi connectivity index (χ1n) is 9.64. The number of nitrogens with one attached hydrogen (secondary N) is 1. The molecular formula is C25H19Br2FN2O2. The first-order valence-corrected chi connectivity index (χ1v) is 11.2. The van der Waals surface area contributed by atoms with Gasteiger partial charge in [0, 0.05) is 5.69 Å². The lowest BCUT2D eigenvalue weighted by molar-refractivity contribution is -0.112. The van der Waals surface area contributed by atoms with Crippen LogP contribution in [0, 0.1) is 31.0 Å². The molecule has 0 saturated heterocycles. The van der Waals surface area contributed by atoms with Crippen molar-refractivity contribution in [1.29, 1.82) is 5.26 Å². The Morgan fingerprint density at radius 3 is 2.41 bits per heavy atom. The van der Waals surface area contributed by atoms with Crippen LogP contribution in [0.5, 0.6) is 5.75 Å². The van der Waals surface area contributed by atoms with Crippen LogP contribution >= 0.6 is 31.9 Å². The van der Waals surface area contributed by atoms with Crippen LogP contribution in [0.1, 0.15) is 22.3 Å². The summed E-state index contributed by atoms with van der Waals surface area (Å²) in [5, 5.41) is 12.3. The van der Waals surface area contributed by atoms with Gasteiger partial charge in [0.2, 0.25) is 0 Å². The summed E-state index contributed by atoms with van der Waals surface area (Å²) in [6.45, 7) is 4.13. The van der Waals surface area contributed by atoms with Crippen molar-refractivity contribution in [3.63, 3.8) is 0 Å². The summed E-state index contributed by atoms with van der Waals surface area (Å²) in [6, 6.07) is 17.2. The molecular weight excluding hydrogens is 539 g/mol. The summed E-state index contributed by atoms with van der Waals surface area (Å²) in [5.41, 5.74) is 4.11. The number of rotatable bonds is 6. The molecule has 0 radical (unpaired) electrons. The number of hydrogen-bond donors (Lipinski definition) is 1. The smallest absolute Gasteiger partial charge is 0.266 e. The van der Waals surface area contributed by atoms with Gasteiger partial charge < -0.3 is 10.1 Å². The number of nitriles is 1. The lowest BCUT2D eigenvalue weighted by Gasteiger charge is -2.12. The number of halogens is 3. The monoisotopic (exact) mass is 556 g/mol. The van der Waals surface area contributed by atoms with E-state index in [4.69, 9.17) is 4.74 Å². The van der Waals surface area contributed by atoms with Gasteiger partial charge in [0.1, 0.15) is 29.8 Å². The maximum absolute atomic E-state index is 13.1. The third-order valence-electron chi connectivity index (χ3n) is 4.85. The summed E-state index contributed by atoms with van der Waals surface area (Å²) in [5.74, 6) is -0.225. The van der Waals surface area contributed by atoms with Crippen molar-refractivity contribution in [2.45, 2.75) is 20.5 Å². The first kappa shape index (κ1) is 23.7. The molecule has 0 aliphatic carbocycles. The van der Waals surface area contributed by atoms with Gasteiger partial charge in [-0.1, -0.05) is 24.3 Å². The van der Waals surface area contributed by atoms with Crippen LogP contribution in [-0.4, -0.2) is 5.91 Å². The fraction of sp³-hybridized carbons (Fsp3) is 0.120.